The van der Waals surface area contributed by atoms with Crippen LogP contribution >= 0.6 is 11.6 Å². The highest BCUT2D eigenvalue weighted by Gasteiger charge is 2.11. The second-order valence-corrected chi connectivity index (χ2v) is 5.96. The molecule has 0 unspecified atom stereocenters. The van der Waals surface area contributed by atoms with Gasteiger partial charge in [-0.2, -0.15) is 0 Å². The Kier molecular flexibility index (Phi) is 3.63. The molecule has 3 nitrogen and oxygen atoms in total. The van der Waals surface area contributed by atoms with Crippen molar-refractivity contribution in [3.63, 3.8) is 0 Å². The zero-order valence-electron chi connectivity index (χ0n) is 12.7. The zero-order valence-corrected chi connectivity index (χ0v) is 13.4. The molecule has 0 aliphatic carbocycles. The van der Waals surface area contributed by atoms with Crippen LogP contribution in [0.25, 0.3) is 22.4 Å². The lowest BCUT2D eigenvalue weighted by molar-refractivity contribution is 0.103. The summed E-state index contributed by atoms with van der Waals surface area (Å²) >= 11 is 6.04. The minimum Gasteiger partial charge on any atom is -0.338 e. The van der Waals surface area contributed by atoms with Gasteiger partial charge in [-0.1, -0.05) is 54.1 Å². The van der Waals surface area contributed by atoms with Gasteiger partial charge in [0.25, 0.3) is 0 Å². The van der Waals surface area contributed by atoms with E-state index in [0.717, 1.165) is 22.4 Å². The molecule has 0 saturated carbocycles. The summed E-state index contributed by atoms with van der Waals surface area (Å²) in [4.78, 5) is 20.4. The molecule has 4 rings (SSSR count). The van der Waals surface area contributed by atoms with E-state index in [1.165, 1.54) is 0 Å². The Hall–Kier alpha value is -2.91. The summed E-state index contributed by atoms with van der Waals surface area (Å²) in [7, 11) is 0. The summed E-state index contributed by atoms with van der Waals surface area (Å²) in [6.45, 7) is 0. The quantitative estimate of drug-likeness (QED) is 0.529. The number of H-pyrrole nitrogens is 1. The Morgan fingerprint density at radius 2 is 1.71 bits per heavy atom. The van der Waals surface area contributed by atoms with Gasteiger partial charge in [0.1, 0.15) is 5.82 Å². The number of nitrogens with one attached hydrogen (secondary N) is 1. The Labute approximate surface area is 143 Å². The van der Waals surface area contributed by atoms with E-state index in [9.17, 15) is 4.79 Å². The number of imidazole rings is 1. The Morgan fingerprint density at radius 1 is 0.875 bits per heavy atom. The maximum absolute atomic E-state index is 12.6. The first-order valence-electron chi connectivity index (χ1n) is 7.56. The lowest BCUT2D eigenvalue weighted by Gasteiger charge is -2.00. The minimum absolute atomic E-state index is 0.00333. The fourth-order valence-corrected chi connectivity index (χ4v) is 2.87. The number of nitrogens with zero attached hydrogens (tertiary/aromatic N) is 1. The third-order valence-corrected chi connectivity index (χ3v) is 4.11. The first-order valence-corrected chi connectivity index (χ1v) is 7.94. The number of aromatic nitrogens is 2. The smallest absolute Gasteiger partial charge is 0.193 e. The molecule has 116 valence electrons. The zero-order chi connectivity index (χ0) is 16.5. The van der Waals surface area contributed by atoms with Crippen LogP contribution in [0.4, 0.5) is 0 Å². The maximum atomic E-state index is 12.6. The number of hydrogen-bond acceptors (Lipinski definition) is 2. The fraction of sp³-hybridized carbons (Fsp3) is 0. The standard InChI is InChI=1S/C20H13ClN2O/c21-16-8-4-7-15(11-16)20-22-17-10-9-14(12-18(17)23-20)19(24)13-5-2-1-3-6-13/h1-12H,(H,22,23). The maximum Gasteiger partial charge on any atom is 0.193 e. The summed E-state index contributed by atoms with van der Waals surface area (Å²) in [6.07, 6.45) is 0. The number of aromatic amines is 1. The number of hydrogen-bond donors (Lipinski definition) is 1. The first kappa shape index (κ1) is 14.7. The highest BCUT2D eigenvalue weighted by molar-refractivity contribution is 6.30. The van der Waals surface area contributed by atoms with Gasteiger partial charge in [-0.15, -0.1) is 0 Å². The van der Waals surface area contributed by atoms with E-state index in [1.54, 1.807) is 6.07 Å². The highest BCUT2D eigenvalue weighted by Crippen LogP contribution is 2.24. The molecule has 0 fully saturated rings. The van der Waals surface area contributed by atoms with Crippen LogP contribution in [-0.2, 0) is 0 Å². The van der Waals surface area contributed by atoms with Crippen LogP contribution in [0.15, 0.2) is 72.8 Å². The van der Waals surface area contributed by atoms with Crippen molar-refractivity contribution in [3.8, 4) is 11.4 Å². The van der Waals surface area contributed by atoms with Gasteiger partial charge in [-0.25, -0.2) is 4.98 Å². The molecule has 1 heterocycles. The predicted octanol–water partition coefficient (Wildman–Crippen LogP) is 5.11. The third kappa shape index (κ3) is 2.70. The van der Waals surface area contributed by atoms with Crippen molar-refractivity contribution in [2.75, 3.05) is 0 Å². The van der Waals surface area contributed by atoms with E-state index in [2.05, 4.69) is 9.97 Å². The number of rotatable bonds is 3. The van der Waals surface area contributed by atoms with Gasteiger partial charge in [-0.05, 0) is 30.3 Å². The molecule has 4 aromatic rings. The number of fused-ring (bicyclic) bond motifs is 1. The van der Waals surface area contributed by atoms with Crippen LogP contribution in [0.3, 0.4) is 0 Å². The molecular formula is C20H13ClN2O. The Bertz CT molecular complexity index is 1040. The van der Waals surface area contributed by atoms with E-state index in [4.69, 9.17) is 11.6 Å². The van der Waals surface area contributed by atoms with Crippen LogP contribution in [0.5, 0.6) is 0 Å². The van der Waals surface area contributed by atoms with Gasteiger partial charge in [0.05, 0.1) is 11.0 Å². The molecule has 0 spiro atoms. The van der Waals surface area contributed by atoms with Gasteiger partial charge < -0.3 is 4.98 Å². The largest absolute Gasteiger partial charge is 0.338 e. The third-order valence-electron chi connectivity index (χ3n) is 3.88. The normalized spacial score (nSPS) is 10.9. The Balaban J connectivity index is 1.75. The van der Waals surface area contributed by atoms with Crippen LogP contribution in [-0.4, -0.2) is 15.8 Å². The van der Waals surface area contributed by atoms with Crippen molar-refractivity contribution < 1.29 is 4.79 Å². The van der Waals surface area contributed by atoms with Crippen molar-refractivity contribution in [3.05, 3.63) is 88.9 Å². The predicted molar refractivity (Wildman–Crippen MR) is 96.4 cm³/mol. The Morgan fingerprint density at radius 3 is 2.50 bits per heavy atom. The summed E-state index contributed by atoms with van der Waals surface area (Å²) in [5.41, 5.74) is 3.86. The SMILES string of the molecule is O=C(c1ccccc1)c1ccc2nc(-c3cccc(Cl)c3)[nH]c2c1. The number of benzene rings is 3. The summed E-state index contributed by atoms with van der Waals surface area (Å²) in [5, 5.41) is 0.660. The number of ketones is 1. The van der Waals surface area contributed by atoms with Crippen LogP contribution in [0.2, 0.25) is 5.02 Å². The molecule has 1 aromatic heterocycles. The summed E-state index contributed by atoms with van der Waals surface area (Å²) in [5.74, 6) is 0.730. The summed E-state index contributed by atoms with van der Waals surface area (Å²) in [6, 6.07) is 22.3. The number of carbonyl (C=O) groups is 1. The molecule has 24 heavy (non-hydrogen) atoms. The molecule has 1 N–H and O–H groups in total. The van der Waals surface area contributed by atoms with Crippen molar-refractivity contribution in [2.45, 2.75) is 0 Å². The van der Waals surface area contributed by atoms with E-state index >= 15 is 0 Å². The molecule has 0 bridgehead atoms. The number of halogens is 1. The highest BCUT2D eigenvalue weighted by atomic mass is 35.5. The van der Waals surface area contributed by atoms with Crippen LogP contribution in [0.1, 0.15) is 15.9 Å². The lowest BCUT2D eigenvalue weighted by atomic mass is 10.0. The first-order chi connectivity index (χ1) is 11.7. The molecule has 4 heteroatoms. The van der Waals surface area contributed by atoms with E-state index in [-0.39, 0.29) is 5.78 Å². The monoisotopic (exact) mass is 332 g/mol. The average Bonchev–Trinajstić information content (AvgIpc) is 3.05. The van der Waals surface area contributed by atoms with Gasteiger partial charge in [-0.3, -0.25) is 4.79 Å². The molecule has 0 aliphatic rings. The molecule has 0 radical (unpaired) electrons. The minimum atomic E-state index is -0.00333. The lowest BCUT2D eigenvalue weighted by Crippen LogP contribution is -2.00. The van der Waals surface area contributed by atoms with Gasteiger partial charge in [0.2, 0.25) is 0 Å². The van der Waals surface area contributed by atoms with Crippen LogP contribution in [0, 0.1) is 0 Å². The van der Waals surface area contributed by atoms with Crippen molar-refractivity contribution in [2.24, 2.45) is 0 Å². The second kappa shape index (κ2) is 5.95. The van der Waals surface area contributed by atoms with Crippen molar-refractivity contribution >= 4 is 28.4 Å². The molecule has 0 saturated heterocycles. The molecule has 0 atom stereocenters. The van der Waals surface area contributed by atoms with Gasteiger partial charge in [0.15, 0.2) is 5.78 Å². The number of carbonyl (C=O) groups excluding carboxylic acids is 1. The molecule has 0 amide bonds. The average molecular weight is 333 g/mol. The fourth-order valence-electron chi connectivity index (χ4n) is 2.68. The molecular weight excluding hydrogens is 320 g/mol. The topological polar surface area (TPSA) is 45.8 Å². The van der Waals surface area contributed by atoms with Gasteiger partial charge >= 0.3 is 0 Å². The van der Waals surface area contributed by atoms with E-state index < -0.39 is 0 Å². The molecule has 3 aromatic carbocycles. The van der Waals surface area contributed by atoms with Crippen molar-refractivity contribution in [1.29, 1.82) is 0 Å². The molecule has 0 aliphatic heterocycles. The van der Waals surface area contributed by atoms with Crippen molar-refractivity contribution in [1.82, 2.24) is 9.97 Å². The van der Waals surface area contributed by atoms with E-state index in [1.807, 2.05) is 66.7 Å². The summed E-state index contributed by atoms with van der Waals surface area (Å²) < 4.78 is 0. The van der Waals surface area contributed by atoms with Gasteiger partial charge in [0, 0.05) is 21.7 Å². The second-order valence-electron chi connectivity index (χ2n) is 5.52. The van der Waals surface area contributed by atoms with E-state index in [0.29, 0.717) is 16.1 Å². The van der Waals surface area contributed by atoms with Crippen LogP contribution < -0.4 is 0 Å².